The van der Waals surface area contributed by atoms with E-state index in [0.29, 0.717) is 0 Å². The average Bonchev–Trinajstić information content (AvgIpc) is 2.35. The van der Waals surface area contributed by atoms with Gasteiger partial charge in [-0.05, 0) is 37.2 Å². The maximum absolute atomic E-state index is 10.2. The minimum Gasteiger partial charge on any atom is -0.377 e. The molecule has 0 fully saturated rings. The van der Waals surface area contributed by atoms with E-state index in [1.54, 1.807) is 0 Å². The third-order valence-corrected chi connectivity index (χ3v) is 3.19. The first-order valence-corrected chi connectivity index (χ1v) is 6.19. The van der Waals surface area contributed by atoms with Crippen molar-refractivity contribution in [1.29, 1.82) is 0 Å². The number of nitrogens with zero attached hydrogens (tertiary/aromatic N) is 2. The van der Waals surface area contributed by atoms with Crippen LogP contribution < -0.4 is 4.90 Å². The van der Waals surface area contributed by atoms with Crippen molar-refractivity contribution in [1.82, 2.24) is 4.90 Å². The molecule has 0 amide bonds. The van der Waals surface area contributed by atoms with Crippen LogP contribution in [0.25, 0.3) is 0 Å². The van der Waals surface area contributed by atoms with Crippen LogP contribution in [0.3, 0.4) is 0 Å². The SMILES string of the molecule is CCc1ccc(C(O)N(C)CC)cc1N(C)C. The van der Waals surface area contributed by atoms with E-state index in [0.717, 1.165) is 18.5 Å². The third-order valence-electron chi connectivity index (χ3n) is 3.19. The summed E-state index contributed by atoms with van der Waals surface area (Å²) in [5.74, 6) is 0. The molecule has 0 aromatic heterocycles. The van der Waals surface area contributed by atoms with Gasteiger partial charge in [-0.25, -0.2) is 0 Å². The van der Waals surface area contributed by atoms with E-state index < -0.39 is 6.23 Å². The Morgan fingerprint density at radius 3 is 2.29 bits per heavy atom. The summed E-state index contributed by atoms with van der Waals surface area (Å²) in [4.78, 5) is 4.02. The largest absolute Gasteiger partial charge is 0.377 e. The lowest BCUT2D eigenvalue weighted by atomic mass is 10.0. The van der Waals surface area contributed by atoms with Gasteiger partial charge in [-0.2, -0.15) is 0 Å². The lowest BCUT2D eigenvalue weighted by Crippen LogP contribution is -2.24. The van der Waals surface area contributed by atoms with Gasteiger partial charge in [0.05, 0.1) is 0 Å². The van der Waals surface area contributed by atoms with E-state index >= 15 is 0 Å². The first kappa shape index (κ1) is 14.0. The van der Waals surface area contributed by atoms with E-state index in [-0.39, 0.29) is 0 Å². The minimum atomic E-state index is -0.524. The number of rotatable bonds is 5. The molecule has 17 heavy (non-hydrogen) atoms. The topological polar surface area (TPSA) is 26.7 Å². The predicted molar refractivity (Wildman–Crippen MR) is 73.4 cm³/mol. The maximum Gasteiger partial charge on any atom is 0.133 e. The number of aliphatic hydroxyl groups is 1. The Morgan fingerprint density at radius 2 is 1.82 bits per heavy atom. The van der Waals surface area contributed by atoms with E-state index in [4.69, 9.17) is 0 Å². The molecule has 1 N–H and O–H groups in total. The number of aliphatic hydroxyl groups excluding tert-OH is 1. The standard InChI is InChI=1S/C14H24N2O/c1-6-11-8-9-12(10-13(11)15(3)4)14(17)16(5)7-2/h8-10,14,17H,6-7H2,1-5H3. The molecule has 0 bridgehead atoms. The zero-order valence-electron chi connectivity index (χ0n) is 11.6. The summed E-state index contributed by atoms with van der Waals surface area (Å²) in [6, 6.07) is 6.20. The average molecular weight is 236 g/mol. The number of anilines is 1. The molecule has 1 unspecified atom stereocenters. The molecule has 3 nitrogen and oxygen atoms in total. The molecular formula is C14H24N2O. The fourth-order valence-corrected chi connectivity index (χ4v) is 1.88. The number of hydrogen-bond acceptors (Lipinski definition) is 3. The molecule has 1 aromatic rings. The van der Waals surface area contributed by atoms with Crippen LogP contribution in [0.15, 0.2) is 18.2 Å². The van der Waals surface area contributed by atoms with Gasteiger partial charge in [-0.15, -0.1) is 0 Å². The van der Waals surface area contributed by atoms with Crippen LogP contribution in [0.4, 0.5) is 5.69 Å². The molecule has 1 rings (SSSR count). The van der Waals surface area contributed by atoms with Crippen LogP contribution in [-0.4, -0.2) is 37.7 Å². The Kier molecular flexibility index (Phi) is 4.97. The Balaban J connectivity index is 3.07. The number of benzene rings is 1. The zero-order chi connectivity index (χ0) is 13.0. The highest BCUT2D eigenvalue weighted by molar-refractivity contribution is 5.54. The van der Waals surface area contributed by atoms with Crippen molar-refractivity contribution in [2.24, 2.45) is 0 Å². The highest BCUT2D eigenvalue weighted by atomic mass is 16.3. The maximum atomic E-state index is 10.2. The summed E-state index contributed by atoms with van der Waals surface area (Å²) in [5.41, 5.74) is 3.45. The van der Waals surface area contributed by atoms with E-state index in [9.17, 15) is 5.11 Å². The van der Waals surface area contributed by atoms with Gasteiger partial charge in [0, 0.05) is 19.8 Å². The quantitative estimate of drug-likeness (QED) is 0.794. The molecule has 0 aliphatic heterocycles. The third kappa shape index (κ3) is 3.20. The summed E-state index contributed by atoms with van der Waals surface area (Å²) >= 11 is 0. The van der Waals surface area contributed by atoms with Crippen LogP contribution in [0, 0.1) is 0 Å². The lowest BCUT2D eigenvalue weighted by molar-refractivity contribution is 0.0246. The van der Waals surface area contributed by atoms with Gasteiger partial charge < -0.3 is 10.0 Å². The van der Waals surface area contributed by atoms with Gasteiger partial charge >= 0.3 is 0 Å². The summed E-state index contributed by atoms with van der Waals surface area (Å²) in [7, 11) is 6.00. The second-order valence-electron chi connectivity index (χ2n) is 4.58. The van der Waals surface area contributed by atoms with Crippen molar-refractivity contribution in [3.8, 4) is 0 Å². The van der Waals surface area contributed by atoms with Crippen molar-refractivity contribution < 1.29 is 5.11 Å². The van der Waals surface area contributed by atoms with Crippen LogP contribution >= 0.6 is 0 Å². The number of hydrogen-bond donors (Lipinski definition) is 1. The molecule has 3 heteroatoms. The molecule has 96 valence electrons. The predicted octanol–water partition coefficient (Wildman–Crippen LogP) is 2.26. The van der Waals surface area contributed by atoms with Gasteiger partial charge in [0.2, 0.25) is 0 Å². The summed E-state index contributed by atoms with van der Waals surface area (Å²) in [5, 5.41) is 10.2. The molecule has 0 heterocycles. The van der Waals surface area contributed by atoms with Crippen LogP contribution in [0.2, 0.25) is 0 Å². The van der Waals surface area contributed by atoms with E-state index in [1.807, 2.05) is 39.0 Å². The minimum absolute atomic E-state index is 0.524. The van der Waals surface area contributed by atoms with Gasteiger partial charge in [-0.1, -0.05) is 26.0 Å². The number of aryl methyl sites for hydroxylation is 1. The van der Waals surface area contributed by atoms with Crippen LogP contribution in [0.5, 0.6) is 0 Å². The highest BCUT2D eigenvalue weighted by Crippen LogP contribution is 2.25. The first-order valence-electron chi connectivity index (χ1n) is 6.19. The van der Waals surface area contributed by atoms with Crippen LogP contribution in [0.1, 0.15) is 31.2 Å². The zero-order valence-corrected chi connectivity index (χ0v) is 11.6. The molecular weight excluding hydrogens is 212 g/mol. The second-order valence-corrected chi connectivity index (χ2v) is 4.58. The fraction of sp³-hybridized carbons (Fsp3) is 0.571. The Labute approximate surface area is 105 Å². The van der Waals surface area contributed by atoms with E-state index in [2.05, 4.69) is 24.0 Å². The van der Waals surface area contributed by atoms with E-state index in [1.165, 1.54) is 11.3 Å². The van der Waals surface area contributed by atoms with Gasteiger partial charge in [0.15, 0.2) is 0 Å². The summed E-state index contributed by atoms with van der Waals surface area (Å²) in [6.45, 7) is 5.01. The van der Waals surface area contributed by atoms with Crippen molar-refractivity contribution in [2.45, 2.75) is 26.5 Å². The van der Waals surface area contributed by atoms with Gasteiger partial charge in [0.1, 0.15) is 6.23 Å². The van der Waals surface area contributed by atoms with Crippen molar-refractivity contribution >= 4 is 5.69 Å². The Hall–Kier alpha value is -1.06. The monoisotopic (exact) mass is 236 g/mol. The molecule has 0 saturated carbocycles. The molecule has 0 radical (unpaired) electrons. The molecule has 0 aliphatic carbocycles. The van der Waals surface area contributed by atoms with Crippen molar-refractivity contribution in [3.63, 3.8) is 0 Å². The van der Waals surface area contributed by atoms with Crippen molar-refractivity contribution in [2.75, 3.05) is 32.6 Å². The molecule has 0 spiro atoms. The highest BCUT2D eigenvalue weighted by Gasteiger charge is 2.14. The Bertz CT molecular complexity index is 363. The lowest BCUT2D eigenvalue weighted by Gasteiger charge is -2.24. The molecule has 1 aromatic carbocycles. The summed E-state index contributed by atoms with van der Waals surface area (Å²) < 4.78 is 0. The van der Waals surface area contributed by atoms with Crippen LogP contribution in [-0.2, 0) is 6.42 Å². The smallest absolute Gasteiger partial charge is 0.133 e. The second kappa shape index (κ2) is 6.03. The summed E-state index contributed by atoms with van der Waals surface area (Å²) in [6.07, 6.45) is 0.484. The molecule has 0 aliphatic rings. The van der Waals surface area contributed by atoms with Gasteiger partial charge in [-0.3, -0.25) is 4.90 Å². The van der Waals surface area contributed by atoms with Gasteiger partial charge in [0.25, 0.3) is 0 Å². The molecule has 0 saturated heterocycles. The molecule has 1 atom stereocenters. The normalized spacial score (nSPS) is 12.9. The van der Waals surface area contributed by atoms with Crippen molar-refractivity contribution in [3.05, 3.63) is 29.3 Å². The Morgan fingerprint density at radius 1 is 1.18 bits per heavy atom. The first-order chi connectivity index (χ1) is 8.01. The fourth-order valence-electron chi connectivity index (χ4n) is 1.88.